The topological polar surface area (TPSA) is 87.1 Å². The predicted molar refractivity (Wildman–Crippen MR) is 51.5 cm³/mol. The molecule has 0 amide bonds. The van der Waals surface area contributed by atoms with Crippen molar-refractivity contribution < 1.29 is 9.36 Å². The first-order chi connectivity index (χ1) is 7.31. The second-order valence-electron chi connectivity index (χ2n) is 2.66. The van der Waals surface area contributed by atoms with Crippen molar-refractivity contribution in [2.75, 3.05) is 0 Å². The maximum atomic E-state index is 5.90. The normalized spacial score (nSPS) is 10.5. The molecule has 0 aliphatic heterocycles. The number of hydrogen-bond acceptors (Lipinski definition) is 6. The van der Waals surface area contributed by atoms with Gasteiger partial charge in [0, 0.05) is 6.20 Å². The zero-order valence-electron chi connectivity index (χ0n) is 7.55. The highest BCUT2D eigenvalue weighted by atomic mass is 35.5. The van der Waals surface area contributed by atoms with Crippen LogP contribution in [0.5, 0.6) is 0 Å². The fourth-order valence-corrected chi connectivity index (χ4v) is 1.24. The van der Waals surface area contributed by atoms with E-state index in [0.29, 0.717) is 16.5 Å². The van der Waals surface area contributed by atoms with E-state index in [4.69, 9.17) is 22.0 Å². The van der Waals surface area contributed by atoms with Gasteiger partial charge in [-0.15, -0.1) is 0 Å². The molecule has 0 aliphatic carbocycles. The summed E-state index contributed by atoms with van der Waals surface area (Å²) in [4.78, 5) is 12.4. The van der Waals surface area contributed by atoms with Gasteiger partial charge in [0.15, 0.2) is 0 Å². The van der Waals surface area contributed by atoms with Gasteiger partial charge in [-0.05, 0) is 12.1 Å². The highest BCUT2D eigenvalue weighted by Crippen LogP contribution is 2.22. The van der Waals surface area contributed by atoms with Gasteiger partial charge in [-0.3, -0.25) is 9.82 Å². The number of nitrogens with zero attached hydrogens (tertiary/aromatic N) is 3. The molecule has 0 aliphatic rings. The molecule has 0 saturated heterocycles. The first-order valence-electron chi connectivity index (χ1n) is 4.06. The van der Waals surface area contributed by atoms with Gasteiger partial charge in [0.1, 0.15) is 12.3 Å². The van der Waals surface area contributed by atoms with Gasteiger partial charge in [-0.2, -0.15) is 4.98 Å². The Morgan fingerprint density at radius 1 is 1.53 bits per heavy atom. The number of aromatic nitrogens is 3. The molecule has 0 aromatic carbocycles. The molecule has 78 valence electrons. The Morgan fingerprint density at radius 2 is 2.40 bits per heavy atom. The number of pyridine rings is 1. The monoisotopic (exact) mass is 226 g/mol. The van der Waals surface area contributed by atoms with Crippen molar-refractivity contribution in [3.8, 4) is 11.5 Å². The Balaban J connectivity index is 2.33. The third kappa shape index (κ3) is 2.12. The molecular weight excluding hydrogens is 220 g/mol. The van der Waals surface area contributed by atoms with E-state index in [9.17, 15) is 0 Å². The van der Waals surface area contributed by atoms with Crippen LogP contribution < -0.4 is 5.90 Å². The largest absolute Gasteiger partial charge is 0.336 e. The van der Waals surface area contributed by atoms with Gasteiger partial charge < -0.3 is 4.52 Å². The SMILES string of the molecule is NOCc1nc(-c2ncccc2Cl)no1. The smallest absolute Gasteiger partial charge is 0.255 e. The highest BCUT2D eigenvalue weighted by Gasteiger charge is 2.12. The minimum atomic E-state index is 0.0530. The van der Waals surface area contributed by atoms with Crippen molar-refractivity contribution in [2.24, 2.45) is 5.90 Å². The molecule has 2 rings (SSSR count). The summed E-state index contributed by atoms with van der Waals surface area (Å²) < 4.78 is 4.85. The quantitative estimate of drug-likeness (QED) is 0.791. The summed E-state index contributed by atoms with van der Waals surface area (Å²) in [5.74, 6) is 5.45. The van der Waals surface area contributed by atoms with E-state index in [2.05, 4.69) is 20.0 Å². The third-order valence-electron chi connectivity index (χ3n) is 1.65. The molecule has 2 aromatic heterocycles. The van der Waals surface area contributed by atoms with Gasteiger partial charge in [-0.25, -0.2) is 5.90 Å². The lowest BCUT2D eigenvalue weighted by molar-refractivity contribution is 0.0996. The fourth-order valence-electron chi connectivity index (χ4n) is 1.03. The lowest BCUT2D eigenvalue weighted by atomic mass is 10.3. The number of halogens is 1. The summed E-state index contributed by atoms with van der Waals surface area (Å²) in [6.45, 7) is 0.0530. The molecule has 0 saturated carbocycles. The third-order valence-corrected chi connectivity index (χ3v) is 1.95. The molecule has 0 bridgehead atoms. The fraction of sp³-hybridized carbons (Fsp3) is 0.125. The van der Waals surface area contributed by atoms with Crippen LogP contribution in [0, 0.1) is 0 Å². The molecule has 2 heterocycles. The highest BCUT2D eigenvalue weighted by molar-refractivity contribution is 6.32. The van der Waals surface area contributed by atoms with E-state index in [1.807, 2.05) is 0 Å². The minimum absolute atomic E-state index is 0.0530. The predicted octanol–water partition coefficient (Wildman–Crippen LogP) is 1.18. The number of rotatable bonds is 3. The summed E-state index contributed by atoms with van der Waals surface area (Å²) in [7, 11) is 0. The molecule has 0 spiro atoms. The van der Waals surface area contributed by atoms with Crippen LogP contribution >= 0.6 is 11.6 Å². The summed E-state index contributed by atoms with van der Waals surface area (Å²) in [5, 5.41) is 4.15. The molecule has 0 radical (unpaired) electrons. The summed E-state index contributed by atoms with van der Waals surface area (Å²) in [5.41, 5.74) is 0.464. The Kier molecular flexibility index (Phi) is 2.91. The van der Waals surface area contributed by atoms with Crippen LogP contribution in [0.1, 0.15) is 5.89 Å². The Bertz CT molecular complexity index is 459. The van der Waals surface area contributed by atoms with Crippen LogP contribution in [-0.2, 0) is 11.4 Å². The molecule has 15 heavy (non-hydrogen) atoms. The summed E-state index contributed by atoms with van der Waals surface area (Å²) in [6, 6.07) is 3.41. The zero-order chi connectivity index (χ0) is 10.7. The summed E-state index contributed by atoms with van der Waals surface area (Å²) in [6.07, 6.45) is 1.59. The van der Waals surface area contributed by atoms with E-state index in [1.54, 1.807) is 18.3 Å². The van der Waals surface area contributed by atoms with E-state index < -0.39 is 0 Å². The first-order valence-corrected chi connectivity index (χ1v) is 4.44. The van der Waals surface area contributed by atoms with Gasteiger partial charge in [0.25, 0.3) is 5.89 Å². The van der Waals surface area contributed by atoms with Crippen LogP contribution in [0.4, 0.5) is 0 Å². The molecule has 2 N–H and O–H groups in total. The molecule has 7 heteroatoms. The standard InChI is InChI=1S/C8H7ClN4O2/c9-5-2-1-3-11-7(5)8-12-6(4-14-10)15-13-8/h1-3H,4,10H2. The van der Waals surface area contributed by atoms with Crippen molar-refractivity contribution in [1.82, 2.24) is 15.1 Å². The number of hydrogen-bond donors (Lipinski definition) is 1. The molecule has 0 fully saturated rings. The van der Waals surface area contributed by atoms with Crippen LogP contribution in [0.15, 0.2) is 22.9 Å². The van der Waals surface area contributed by atoms with Crippen molar-refractivity contribution in [3.63, 3.8) is 0 Å². The lowest BCUT2D eigenvalue weighted by Crippen LogP contribution is -1.98. The van der Waals surface area contributed by atoms with Crippen LogP contribution in [0.3, 0.4) is 0 Å². The van der Waals surface area contributed by atoms with Crippen LogP contribution in [-0.4, -0.2) is 15.1 Å². The Hall–Kier alpha value is -1.50. The van der Waals surface area contributed by atoms with Crippen molar-refractivity contribution in [3.05, 3.63) is 29.2 Å². The van der Waals surface area contributed by atoms with Gasteiger partial charge in [0.05, 0.1) is 5.02 Å². The maximum Gasteiger partial charge on any atom is 0.255 e. The van der Waals surface area contributed by atoms with E-state index in [1.165, 1.54) is 0 Å². The minimum Gasteiger partial charge on any atom is -0.336 e. The van der Waals surface area contributed by atoms with Gasteiger partial charge in [-0.1, -0.05) is 16.8 Å². The van der Waals surface area contributed by atoms with E-state index in [0.717, 1.165) is 0 Å². The summed E-state index contributed by atoms with van der Waals surface area (Å²) >= 11 is 5.90. The number of nitrogens with two attached hydrogens (primary N) is 1. The lowest BCUT2D eigenvalue weighted by Gasteiger charge is -1.94. The Morgan fingerprint density at radius 3 is 3.13 bits per heavy atom. The van der Waals surface area contributed by atoms with Crippen molar-refractivity contribution >= 4 is 11.6 Å². The molecular formula is C8H7ClN4O2. The van der Waals surface area contributed by atoms with Crippen LogP contribution in [0.2, 0.25) is 5.02 Å². The second-order valence-corrected chi connectivity index (χ2v) is 3.06. The van der Waals surface area contributed by atoms with E-state index in [-0.39, 0.29) is 12.5 Å². The molecule has 0 unspecified atom stereocenters. The maximum absolute atomic E-state index is 5.90. The zero-order valence-corrected chi connectivity index (χ0v) is 8.31. The average molecular weight is 227 g/mol. The Labute approximate surface area is 90.0 Å². The van der Waals surface area contributed by atoms with Crippen molar-refractivity contribution in [2.45, 2.75) is 6.61 Å². The van der Waals surface area contributed by atoms with Crippen LogP contribution in [0.25, 0.3) is 11.5 Å². The molecule has 6 nitrogen and oxygen atoms in total. The first kappa shape index (κ1) is 10.0. The molecule has 2 aromatic rings. The second kappa shape index (κ2) is 4.35. The molecule has 0 atom stereocenters. The average Bonchev–Trinajstić information content (AvgIpc) is 2.68. The van der Waals surface area contributed by atoms with Gasteiger partial charge in [0.2, 0.25) is 5.82 Å². The van der Waals surface area contributed by atoms with Gasteiger partial charge >= 0.3 is 0 Å². The van der Waals surface area contributed by atoms with Crippen molar-refractivity contribution in [1.29, 1.82) is 0 Å². The van der Waals surface area contributed by atoms with E-state index >= 15 is 0 Å².